The number of carbonyl (C=O) groups is 1. The number of nitrogens with zero attached hydrogens (tertiary/aromatic N) is 1. The molecule has 3 N–H and O–H groups in total. The number of nitrogens with one attached hydrogen (secondary N) is 2. The lowest BCUT2D eigenvalue weighted by Gasteiger charge is -2.19. The Balaban J connectivity index is 3.69. The van der Waals surface area contributed by atoms with Crippen molar-refractivity contribution in [3.63, 3.8) is 0 Å². The Morgan fingerprint density at radius 3 is 2.64 bits per heavy atom. The van der Waals surface area contributed by atoms with Crippen molar-refractivity contribution < 1.29 is 9.90 Å². The maximum Gasteiger partial charge on any atom is 0.234 e. The number of carbonyl (C=O) groups excluding carboxylic acids is 1. The Morgan fingerprint density at radius 1 is 1.57 bits per heavy atom. The monoisotopic (exact) mass is 199 g/mol. The molecule has 0 spiro atoms. The predicted molar refractivity (Wildman–Crippen MR) is 52.3 cm³/mol. The van der Waals surface area contributed by atoms with Gasteiger partial charge < -0.3 is 15.7 Å². The van der Waals surface area contributed by atoms with E-state index < -0.39 is 0 Å². The number of aliphatic hydroxyl groups is 1. The van der Waals surface area contributed by atoms with Gasteiger partial charge in [0, 0.05) is 6.04 Å². The van der Waals surface area contributed by atoms with Crippen LogP contribution in [0.3, 0.4) is 0 Å². The summed E-state index contributed by atoms with van der Waals surface area (Å²) in [7, 11) is 0. The average Bonchev–Trinajstić information content (AvgIpc) is 2.15. The van der Waals surface area contributed by atoms with E-state index in [2.05, 4.69) is 10.6 Å². The van der Waals surface area contributed by atoms with Crippen LogP contribution in [0.4, 0.5) is 0 Å². The molecule has 0 saturated heterocycles. The molecule has 0 aliphatic heterocycles. The number of hydrogen-bond acceptors (Lipinski definition) is 4. The molecule has 0 aliphatic carbocycles. The Hall–Kier alpha value is -1.12. The van der Waals surface area contributed by atoms with Crippen LogP contribution < -0.4 is 10.6 Å². The van der Waals surface area contributed by atoms with Crippen LogP contribution >= 0.6 is 0 Å². The zero-order valence-corrected chi connectivity index (χ0v) is 8.58. The van der Waals surface area contributed by atoms with Crippen molar-refractivity contribution in [3.05, 3.63) is 0 Å². The molecule has 0 aromatic carbocycles. The summed E-state index contributed by atoms with van der Waals surface area (Å²) in [4.78, 5) is 11.0. The fraction of sp³-hybridized carbons (Fsp3) is 0.778. The van der Waals surface area contributed by atoms with Gasteiger partial charge in [-0.05, 0) is 5.92 Å². The van der Waals surface area contributed by atoms with Crippen molar-refractivity contribution in [2.24, 2.45) is 5.92 Å². The molecule has 14 heavy (non-hydrogen) atoms. The first-order valence-electron chi connectivity index (χ1n) is 4.59. The third kappa shape index (κ3) is 5.51. The smallest absolute Gasteiger partial charge is 0.234 e. The summed E-state index contributed by atoms with van der Waals surface area (Å²) < 4.78 is 0. The van der Waals surface area contributed by atoms with Crippen LogP contribution in [0.25, 0.3) is 0 Å². The highest BCUT2D eigenvalue weighted by molar-refractivity contribution is 5.78. The van der Waals surface area contributed by atoms with Gasteiger partial charge in [-0.1, -0.05) is 13.8 Å². The van der Waals surface area contributed by atoms with Crippen molar-refractivity contribution in [2.75, 3.05) is 19.7 Å². The van der Waals surface area contributed by atoms with E-state index in [1.807, 2.05) is 19.9 Å². The zero-order chi connectivity index (χ0) is 11.0. The van der Waals surface area contributed by atoms with E-state index in [1.54, 1.807) is 0 Å². The first-order valence-corrected chi connectivity index (χ1v) is 4.59. The quantitative estimate of drug-likeness (QED) is 0.490. The molecular formula is C9H17N3O2. The fourth-order valence-electron chi connectivity index (χ4n) is 0.935. The molecule has 1 amide bonds. The minimum atomic E-state index is -0.231. The van der Waals surface area contributed by atoms with Crippen LogP contribution in [0.15, 0.2) is 0 Å². The normalized spacial score (nSPS) is 12.2. The maximum absolute atomic E-state index is 11.0. The van der Waals surface area contributed by atoms with Gasteiger partial charge in [-0.25, -0.2) is 0 Å². The summed E-state index contributed by atoms with van der Waals surface area (Å²) in [5, 5.41) is 22.5. The number of amides is 1. The van der Waals surface area contributed by atoms with Crippen LogP contribution in [0, 0.1) is 17.2 Å². The van der Waals surface area contributed by atoms with Gasteiger partial charge in [0.2, 0.25) is 5.91 Å². The molecule has 5 nitrogen and oxygen atoms in total. The zero-order valence-electron chi connectivity index (χ0n) is 8.58. The van der Waals surface area contributed by atoms with Crippen LogP contribution in [0.2, 0.25) is 0 Å². The number of hydrogen-bond donors (Lipinski definition) is 3. The van der Waals surface area contributed by atoms with Crippen molar-refractivity contribution in [2.45, 2.75) is 19.9 Å². The summed E-state index contributed by atoms with van der Waals surface area (Å²) in [6.45, 7) is 4.07. The van der Waals surface area contributed by atoms with Gasteiger partial charge in [0.25, 0.3) is 0 Å². The highest BCUT2D eigenvalue weighted by Gasteiger charge is 2.12. The van der Waals surface area contributed by atoms with Crippen molar-refractivity contribution >= 4 is 5.91 Å². The number of nitriles is 1. The first kappa shape index (κ1) is 12.9. The molecule has 0 bridgehead atoms. The largest absolute Gasteiger partial charge is 0.395 e. The van der Waals surface area contributed by atoms with Crippen LogP contribution in [-0.4, -0.2) is 36.8 Å². The van der Waals surface area contributed by atoms with E-state index in [1.165, 1.54) is 0 Å². The van der Waals surface area contributed by atoms with Gasteiger partial charge in [0.05, 0.1) is 19.2 Å². The summed E-state index contributed by atoms with van der Waals surface area (Å²) in [5.74, 6) is 0.0365. The summed E-state index contributed by atoms with van der Waals surface area (Å²) in [6.07, 6.45) is 0. The molecule has 0 aliphatic rings. The molecule has 80 valence electrons. The highest BCUT2D eigenvalue weighted by atomic mass is 16.3. The predicted octanol–water partition coefficient (Wildman–Crippen LogP) is -0.767. The average molecular weight is 199 g/mol. The second-order valence-corrected chi connectivity index (χ2v) is 3.35. The van der Waals surface area contributed by atoms with Crippen molar-refractivity contribution in [3.8, 4) is 6.07 Å². The van der Waals surface area contributed by atoms with Crippen molar-refractivity contribution in [1.82, 2.24) is 10.6 Å². The second kappa shape index (κ2) is 7.30. The lowest BCUT2D eigenvalue weighted by molar-refractivity contribution is -0.120. The first-order chi connectivity index (χ1) is 6.61. The topological polar surface area (TPSA) is 85.2 Å². The Labute approximate surface area is 84.1 Å². The Kier molecular flexibility index (Phi) is 6.72. The van der Waals surface area contributed by atoms with Crippen molar-refractivity contribution in [1.29, 1.82) is 5.26 Å². The molecule has 0 rings (SSSR count). The summed E-state index contributed by atoms with van der Waals surface area (Å²) in [6, 6.07) is 1.73. The SMILES string of the molecule is CC(C)C(CO)NCC(=O)NCC#N. The highest BCUT2D eigenvalue weighted by Crippen LogP contribution is 1.99. The Morgan fingerprint density at radius 2 is 2.21 bits per heavy atom. The lowest BCUT2D eigenvalue weighted by atomic mass is 10.1. The molecule has 1 atom stereocenters. The van der Waals surface area contributed by atoms with Gasteiger partial charge >= 0.3 is 0 Å². The molecule has 0 aromatic heterocycles. The van der Waals surface area contributed by atoms with E-state index >= 15 is 0 Å². The van der Waals surface area contributed by atoms with Gasteiger partial charge in [0.15, 0.2) is 0 Å². The Bertz CT molecular complexity index is 211. The van der Waals surface area contributed by atoms with Gasteiger partial charge in [-0.2, -0.15) is 5.26 Å². The minimum Gasteiger partial charge on any atom is -0.395 e. The van der Waals surface area contributed by atoms with Gasteiger partial charge in [-0.3, -0.25) is 4.79 Å². The molecule has 0 fully saturated rings. The van der Waals surface area contributed by atoms with E-state index in [0.29, 0.717) is 0 Å². The fourth-order valence-corrected chi connectivity index (χ4v) is 0.935. The van der Waals surface area contributed by atoms with Crippen LogP contribution in [0.1, 0.15) is 13.8 Å². The molecule has 0 radical (unpaired) electrons. The van der Waals surface area contributed by atoms with Gasteiger partial charge in [0.1, 0.15) is 6.54 Å². The molecule has 0 heterocycles. The van der Waals surface area contributed by atoms with Gasteiger partial charge in [-0.15, -0.1) is 0 Å². The standard InChI is InChI=1S/C9H17N3O2/c1-7(2)8(6-13)12-5-9(14)11-4-3-10/h7-8,12-13H,4-6H2,1-2H3,(H,11,14). The van der Waals surface area contributed by atoms with Crippen LogP contribution in [0.5, 0.6) is 0 Å². The van der Waals surface area contributed by atoms with E-state index in [9.17, 15) is 4.79 Å². The summed E-state index contributed by atoms with van der Waals surface area (Å²) in [5.41, 5.74) is 0. The lowest BCUT2D eigenvalue weighted by Crippen LogP contribution is -2.43. The maximum atomic E-state index is 11.0. The molecular weight excluding hydrogens is 182 g/mol. The molecule has 5 heteroatoms. The third-order valence-corrected chi connectivity index (χ3v) is 1.89. The second-order valence-electron chi connectivity index (χ2n) is 3.35. The molecule has 1 unspecified atom stereocenters. The number of aliphatic hydroxyl groups excluding tert-OH is 1. The third-order valence-electron chi connectivity index (χ3n) is 1.89. The summed E-state index contributed by atoms with van der Waals surface area (Å²) >= 11 is 0. The molecule has 0 aromatic rings. The van der Waals surface area contributed by atoms with Crippen LogP contribution in [-0.2, 0) is 4.79 Å². The minimum absolute atomic E-state index is 0.00317. The van der Waals surface area contributed by atoms with E-state index in [4.69, 9.17) is 10.4 Å². The molecule has 0 saturated carbocycles. The van der Waals surface area contributed by atoms with E-state index in [0.717, 1.165) is 0 Å². The van der Waals surface area contributed by atoms with E-state index in [-0.39, 0.29) is 37.6 Å². The number of rotatable bonds is 6.